The first-order valence-electron chi connectivity index (χ1n) is 6.00. The Balaban J connectivity index is 2.01. The molecule has 6 heteroatoms. The maximum absolute atomic E-state index is 13.9. The van der Waals surface area contributed by atoms with Crippen LogP contribution >= 0.6 is 23.3 Å². The second-order valence-corrected chi connectivity index (χ2v) is 5.95. The molecule has 104 valence electrons. The number of aliphatic hydroxyl groups is 1. The molecule has 0 amide bonds. The molecule has 3 nitrogen and oxygen atoms in total. The maximum atomic E-state index is 13.9. The van der Waals surface area contributed by atoms with Crippen LogP contribution in [0.1, 0.15) is 23.4 Å². The number of benzene rings is 1. The summed E-state index contributed by atoms with van der Waals surface area (Å²) in [4.78, 5) is 4.22. The van der Waals surface area contributed by atoms with Crippen molar-refractivity contribution in [1.29, 1.82) is 0 Å². The Morgan fingerprint density at radius 1 is 1.45 bits per heavy atom. The van der Waals surface area contributed by atoms with E-state index in [1.54, 1.807) is 12.1 Å². The smallest absolute Gasteiger partial charge is 0.170 e. The molecule has 0 aliphatic carbocycles. The van der Waals surface area contributed by atoms with Crippen molar-refractivity contribution in [3.63, 3.8) is 0 Å². The van der Waals surface area contributed by atoms with Gasteiger partial charge in [0.25, 0.3) is 0 Å². The van der Waals surface area contributed by atoms with Crippen molar-refractivity contribution in [3.8, 4) is 11.8 Å². The molecule has 0 fully saturated rings. The molecule has 2 rings (SSSR count). The number of aromatic nitrogens is 2. The molecule has 0 saturated heterocycles. The van der Waals surface area contributed by atoms with Gasteiger partial charge < -0.3 is 5.11 Å². The van der Waals surface area contributed by atoms with Crippen molar-refractivity contribution in [2.45, 2.75) is 23.4 Å². The Bertz CT molecular complexity index is 646. The highest BCUT2D eigenvalue weighted by molar-refractivity contribution is 8.00. The Hall–Kier alpha value is -1.42. The highest BCUT2D eigenvalue weighted by atomic mass is 32.2. The topological polar surface area (TPSA) is 46.0 Å². The Morgan fingerprint density at radius 3 is 2.95 bits per heavy atom. The molecule has 20 heavy (non-hydrogen) atoms. The van der Waals surface area contributed by atoms with E-state index in [-0.39, 0.29) is 12.4 Å². The molecule has 1 N–H and O–H groups in total. The molecule has 1 aromatic heterocycles. The molecule has 1 aromatic carbocycles. The van der Waals surface area contributed by atoms with Gasteiger partial charge in [0.15, 0.2) is 4.34 Å². The molecule has 0 aliphatic rings. The second kappa shape index (κ2) is 7.39. The number of hydrogen-bond acceptors (Lipinski definition) is 5. The molecule has 0 saturated carbocycles. The number of nitrogens with zero attached hydrogens (tertiary/aromatic N) is 2. The van der Waals surface area contributed by atoms with Crippen LogP contribution in [-0.4, -0.2) is 21.1 Å². The zero-order valence-corrected chi connectivity index (χ0v) is 12.5. The van der Waals surface area contributed by atoms with Gasteiger partial charge in [0.2, 0.25) is 0 Å². The van der Waals surface area contributed by atoms with Crippen molar-refractivity contribution in [1.82, 2.24) is 9.36 Å². The minimum atomic E-state index is -0.269. The van der Waals surface area contributed by atoms with Gasteiger partial charge in [-0.05, 0) is 36.2 Å². The van der Waals surface area contributed by atoms with Crippen molar-refractivity contribution in [2.24, 2.45) is 0 Å². The molecule has 0 atom stereocenters. The summed E-state index contributed by atoms with van der Waals surface area (Å²) in [5.41, 5.74) is 1.24. The van der Waals surface area contributed by atoms with Crippen LogP contribution in [0.2, 0.25) is 0 Å². The van der Waals surface area contributed by atoms with E-state index >= 15 is 0 Å². The summed E-state index contributed by atoms with van der Waals surface area (Å²) >= 11 is 2.80. The monoisotopic (exact) mass is 308 g/mol. The lowest BCUT2D eigenvalue weighted by Gasteiger charge is -2.01. The van der Waals surface area contributed by atoms with E-state index in [4.69, 9.17) is 5.11 Å². The molecular weight excluding hydrogens is 295 g/mol. The fourth-order valence-electron chi connectivity index (χ4n) is 1.44. The number of hydrogen-bond donors (Lipinski definition) is 1. The third kappa shape index (κ3) is 4.30. The van der Waals surface area contributed by atoms with Crippen LogP contribution in [0.25, 0.3) is 0 Å². The zero-order chi connectivity index (χ0) is 14.4. The lowest BCUT2D eigenvalue weighted by Crippen LogP contribution is -1.89. The first kappa shape index (κ1) is 15.0. The van der Waals surface area contributed by atoms with Crippen LogP contribution in [0.3, 0.4) is 0 Å². The van der Waals surface area contributed by atoms with Gasteiger partial charge in [-0.15, -0.1) is 0 Å². The van der Waals surface area contributed by atoms with Gasteiger partial charge in [0, 0.05) is 17.7 Å². The number of aliphatic hydroxyl groups excluding tert-OH is 1. The minimum Gasteiger partial charge on any atom is -0.395 e. The van der Waals surface area contributed by atoms with Crippen molar-refractivity contribution < 1.29 is 9.50 Å². The van der Waals surface area contributed by atoms with Crippen LogP contribution in [0, 0.1) is 24.6 Å². The van der Waals surface area contributed by atoms with Gasteiger partial charge in [-0.3, -0.25) is 0 Å². The van der Waals surface area contributed by atoms with E-state index < -0.39 is 0 Å². The zero-order valence-electron chi connectivity index (χ0n) is 10.9. The molecule has 0 bridgehead atoms. The van der Waals surface area contributed by atoms with Crippen molar-refractivity contribution in [3.05, 3.63) is 41.0 Å². The van der Waals surface area contributed by atoms with E-state index in [2.05, 4.69) is 21.2 Å². The first-order chi connectivity index (χ1) is 9.69. The van der Waals surface area contributed by atoms with Gasteiger partial charge in [-0.2, -0.15) is 4.37 Å². The lowest BCUT2D eigenvalue weighted by atomic mass is 10.1. The quantitative estimate of drug-likeness (QED) is 0.696. The predicted molar refractivity (Wildman–Crippen MR) is 79.2 cm³/mol. The van der Waals surface area contributed by atoms with E-state index in [9.17, 15) is 4.39 Å². The third-order valence-corrected chi connectivity index (χ3v) is 4.36. The third-order valence-electron chi connectivity index (χ3n) is 2.38. The van der Waals surface area contributed by atoms with E-state index in [1.807, 2.05) is 6.92 Å². The van der Waals surface area contributed by atoms with Gasteiger partial charge in [-0.1, -0.05) is 29.7 Å². The van der Waals surface area contributed by atoms with E-state index in [1.165, 1.54) is 29.4 Å². The minimum absolute atomic E-state index is 0.0193. The number of halogens is 1. The highest BCUT2D eigenvalue weighted by Crippen LogP contribution is 2.25. The van der Waals surface area contributed by atoms with Crippen LogP contribution in [0.15, 0.2) is 22.5 Å². The van der Waals surface area contributed by atoms with Crippen LogP contribution in [-0.2, 0) is 5.75 Å². The van der Waals surface area contributed by atoms with Crippen molar-refractivity contribution >= 4 is 23.3 Å². The Labute approximate surface area is 125 Å². The maximum Gasteiger partial charge on any atom is 0.170 e. The summed E-state index contributed by atoms with van der Waals surface area (Å²) in [6, 6.07) is 4.94. The highest BCUT2D eigenvalue weighted by Gasteiger charge is 2.06. The summed E-state index contributed by atoms with van der Waals surface area (Å²) in [5.74, 6) is 6.58. The number of rotatable bonds is 4. The van der Waals surface area contributed by atoms with Gasteiger partial charge >= 0.3 is 0 Å². The van der Waals surface area contributed by atoms with E-state index in [0.717, 1.165) is 10.2 Å². The number of thioether (sulfide) groups is 1. The Morgan fingerprint density at radius 2 is 2.30 bits per heavy atom. The first-order valence-corrected chi connectivity index (χ1v) is 7.76. The SMILES string of the molecule is Cc1nsc(SCc2ccc(C#CCCO)cc2F)n1. The van der Waals surface area contributed by atoms with Crippen LogP contribution in [0.5, 0.6) is 0 Å². The van der Waals surface area contributed by atoms with Crippen LogP contribution in [0.4, 0.5) is 4.39 Å². The average Bonchev–Trinajstić information content (AvgIpc) is 2.84. The van der Waals surface area contributed by atoms with E-state index in [0.29, 0.717) is 23.3 Å². The van der Waals surface area contributed by atoms with Crippen LogP contribution < -0.4 is 0 Å². The molecule has 0 aliphatic heterocycles. The standard InChI is InChI=1S/C14H13FN2OS2/c1-10-16-14(20-17-10)19-9-12-6-5-11(8-13(12)15)4-2-3-7-18/h5-6,8,18H,3,7,9H2,1H3. The second-order valence-electron chi connectivity index (χ2n) is 3.98. The molecule has 0 radical (unpaired) electrons. The molecule has 0 spiro atoms. The number of aryl methyl sites for hydroxylation is 1. The summed E-state index contributed by atoms with van der Waals surface area (Å²) in [6.07, 6.45) is 0.398. The van der Waals surface area contributed by atoms with Crippen molar-refractivity contribution in [2.75, 3.05) is 6.61 Å². The fraction of sp³-hybridized carbons (Fsp3) is 0.286. The molecule has 2 aromatic rings. The summed E-state index contributed by atoms with van der Waals surface area (Å²) < 4.78 is 18.8. The van der Waals surface area contributed by atoms with Gasteiger partial charge in [-0.25, -0.2) is 9.37 Å². The molecule has 1 heterocycles. The molecular formula is C14H13FN2OS2. The van der Waals surface area contributed by atoms with Gasteiger partial charge in [0.05, 0.1) is 6.61 Å². The average molecular weight is 308 g/mol. The Kier molecular flexibility index (Phi) is 5.53. The lowest BCUT2D eigenvalue weighted by molar-refractivity contribution is 0.305. The normalized spacial score (nSPS) is 10.2. The molecule has 0 unspecified atom stereocenters. The van der Waals surface area contributed by atoms with Gasteiger partial charge in [0.1, 0.15) is 11.6 Å². The summed E-state index contributed by atoms with van der Waals surface area (Å²) in [6.45, 7) is 1.85. The largest absolute Gasteiger partial charge is 0.395 e. The fourth-order valence-corrected chi connectivity index (χ4v) is 3.07. The summed E-state index contributed by atoms with van der Waals surface area (Å²) in [7, 11) is 0. The summed E-state index contributed by atoms with van der Waals surface area (Å²) in [5, 5.41) is 8.63. The predicted octanol–water partition coefficient (Wildman–Crippen LogP) is 3.01.